The van der Waals surface area contributed by atoms with Crippen LogP contribution in [0.25, 0.3) is 0 Å². The van der Waals surface area contributed by atoms with E-state index in [2.05, 4.69) is 27.8 Å². The fourth-order valence-electron chi connectivity index (χ4n) is 7.85. The van der Waals surface area contributed by atoms with Crippen molar-refractivity contribution in [2.24, 2.45) is 23.2 Å². The van der Waals surface area contributed by atoms with E-state index < -0.39 is 33.3 Å². The van der Waals surface area contributed by atoms with Crippen molar-refractivity contribution in [1.29, 1.82) is 5.26 Å². The number of alkyl carbamates (subject to hydrolysis) is 1. The molecular weight excluding hydrogens is 615 g/mol. The molecule has 2 aromatic carbocycles. The van der Waals surface area contributed by atoms with E-state index in [4.69, 9.17) is 4.74 Å². The maximum Gasteiger partial charge on any atom is 0.407 e. The van der Waals surface area contributed by atoms with E-state index in [1.54, 1.807) is 42.5 Å². The lowest BCUT2D eigenvalue weighted by Crippen LogP contribution is -2.53. The number of hydrogen-bond donors (Lipinski definition) is 1. The van der Waals surface area contributed by atoms with Gasteiger partial charge in [0.2, 0.25) is 9.84 Å². The molecule has 1 saturated carbocycles. The van der Waals surface area contributed by atoms with Crippen molar-refractivity contribution < 1.29 is 22.3 Å². The molecule has 0 bridgehead atoms. The highest BCUT2D eigenvalue weighted by Crippen LogP contribution is 2.53. The van der Waals surface area contributed by atoms with Crippen molar-refractivity contribution in [1.82, 2.24) is 10.2 Å². The molecule has 0 radical (unpaired) electrons. The molecule has 1 amide bonds. The monoisotopic (exact) mass is 660 g/mol. The maximum atomic E-state index is 14.8. The lowest BCUT2D eigenvalue weighted by molar-refractivity contribution is 0.0140. The maximum absolute atomic E-state index is 14.8. The molecule has 5 rings (SSSR count). The number of hydrogen-bond acceptors (Lipinski definition) is 7. The zero-order chi connectivity index (χ0) is 33.6. The van der Waals surface area contributed by atoms with E-state index in [1.807, 2.05) is 19.1 Å². The molecule has 2 aromatic rings. The number of nitriles is 1. The van der Waals surface area contributed by atoms with E-state index in [9.17, 15) is 22.9 Å². The fraction of sp³-hybridized carbons (Fsp3) is 0.459. The zero-order valence-corrected chi connectivity index (χ0v) is 28.1. The first-order valence-electron chi connectivity index (χ1n) is 16.5. The second kappa shape index (κ2) is 14.9. The van der Waals surface area contributed by atoms with Gasteiger partial charge in [0.25, 0.3) is 0 Å². The van der Waals surface area contributed by atoms with Crippen molar-refractivity contribution in [2.75, 3.05) is 44.7 Å². The Kier molecular flexibility index (Phi) is 10.9. The predicted octanol–water partition coefficient (Wildman–Crippen LogP) is 6.69. The highest BCUT2D eigenvalue weighted by atomic mass is 32.2. The molecule has 0 aromatic heterocycles. The standard InChI is InChI=1S/C37H45FN4O4S/c1-4-9-30(38)22-27(2)37(26-39,34-12-8-13-35(34)46-36(43)40-3)29-18-20-41(21-19-29)23-28-24-42(25-28)31-14-16-33(17-15-31)47(44,45)32-10-6-5-7-11-32/h4-7,9-11,14-17,22,28-29,34-35H,1,8,12-13,18-21,23-25H2,2-3H3,(H,40,43)/b27-22+,30-9+/t34-,35-,37+/m0/s1. The Morgan fingerprint density at radius 3 is 2.36 bits per heavy atom. The highest BCUT2D eigenvalue weighted by Gasteiger charge is 2.53. The SMILES string of the molecule is C=C/C=C(F)\C=C(/C)[C@](C#N)(C1CCN(CC2CN(c3ccc(S(=O)(=O)c4ccccc4)cc3)C2)CC1)[C@H]1CCC[C@@H]1OC(=O)NC. The van der Waals surface area contributed by atoms with Gasteiger partial charge in [0, 0.05) is 44.2 Å². The number of amides is 1. The van der Waals surface area contributed by atoms with E-state index in [1.165, 1.54) is 25.3 Å². The minimum Gasteiger partial charge on any atom is -0.446 e. The summed E-state index contributed by atoms with van der Waals surface area (Å²) in [5, 5.41) is 13.4. The topological polar surface area (TPSA) is 103 Å². The first-order chi connectivity index (χ1) is 22.6. The van der Waals surface area contributed by atoms with Crippen LogP contribution in [0.1, 0.15) is 39.0 Å². The van der Waals surface area contributed by atoms with Gasteiger partial charge in [-0.15, -0.1) is 0 Å². The summed E-state index contributed by atoms with van der Waals surface area (Å²) in [5.41, 5.74) is 0.723. The third kappa shape index (κ3) is 7.31. The van der Waals surface area contributed by atoms with Gasteiger partial charge in [-0.25, -0.2) is 17.6 Å². The number of sulfone groups is 1. The van der Waals surface area contributed by atoms with Crippen LogP contribution in [0.2, 0.25) is 0 Å². The molecule has 3 aliphatic rings. The smallest absolute Gasteiger partial charge is 0.407 e. The number of nitrogens with one attached hydrogen (secondary N) is 1. The normalized spacial score (nSPS) is 23.0. The quantitative estimate of drug-likeness (QED) is 0.268. The number of nitrogens with zero attached hydrogens (tertiary/aromatic N) is 3. The van der Waals surface area contributed by atoms with Crippen molar-refractivity contribution in [3.05, 3.63) is 90.8 Å². The van der Waals surface area contributed by atoms with Gasteiger partial charge in [-0.05, 0) is 112 Å². The zero-order valence-electron chi connectivity index (χ0n) is 27.3. The van der Waals surface area contributed by atoms with E-state index >= 15 is 0 Å². The number of allylic oxidation sites excluding steroid dienone is 5. The van der Waals surface area contributed by atoms with Crippen LogP contribution in [0.15, 0.2) is 101 Å². The molecule has 10 heteroatoms. The lowest BCUT2D eigenvalue weighted by Gasteiger charge is -2.48. The average Bonchev–Trinajstić information content (AvgIpc) is 3.52. The van der Waals surface area contributed by atoms with Crippen molar-refractivity contribution in [3.8, 4) is 6.07 Å². The molecule has 47 heavy (non-hydrogen) atoms. The first kappa shape index (κ1) is 34.4. The van der Waals surface area contributed by atoms with Gasteiger partial charge in [-0.2, -0.15) is 5.26 Å². The van der Waals surface area contributed by atoms with E-state index in [0.717, 1.165) is 64.1 Å². The highest BCUT2D eigenvalue weighted by molar-refractivity contribution is 7.91. The number of rotatable bonds is 11. The Labute approximate surface area is 278 Å². The van der Waals surface area contributed by atoms with Crippen LogP contribution in [-0.4, -0.2) is 65.3 Å². The summed E-state index contributed by atoms with van der Waals surface area (Å²) in [6.45, 7) is 9.84. The van der Waals surface area contributed by atoms with E-state index in [0.29, 0.717) is 17.9 Å². The van der Waals surface area contributed by atoms with Crippen molar-refractivity contribution in [2.45, 2.75) is 54.9 Å². The second-order valence-electron chi connectivity index (χ2n) is 13.0. The van der Waals surface area contributed by atoms with Gasteiger partial charge >= 0.3 is 6.09 Å². The van der Waals surface area contributed by atoms with Gasteiger partial charge in [0.05, 0.1) is 21.3 Å². The number of ether oxygens (including phenoxy) is 1. The summed E-state index contributed by atoms with van der Waals surface area (Å²) in [5.74, 6) is -0.180. The van der Waals surface area contributed by atoms with E-state index in [-0.39, 0.29) is 21.6 Å². The number of piperidine rings is 1. The molecule has 0 spiro atoms. The number of benzene rings is 2. The summed E-state index contributed by atoms with van der Waals surface area (Å²) < 4.78 is 46.4. The molecule has 1 aliphatic carbocycles. The van der Waals surface area contributed by atoms with Crippen LogP contribution < -0.4 is 10.2 Å². The number of anilines is 1. The van der Waals surface area contributed by atoms with Gasteiger partial charge in [-0.3, -0.25) is 0 Å². The predicted molar refractivity (Wildman–Crippen MR) is 181 cm³/mol. The van der Waals surface area contributed by atoms with Gasteiger partial charge < -0.3 is 19.9 Å². The number of halogens is 1. The van der Waals surface area contributed by atoms with Crippen LogP contribution in [0, 0.1) is 34.5 Å². The number of carbonyl (C=O) groups is 1. The number of carbonyl (C=O) groups excluding carboxylic acids is 1. The van der Waals surface area contributed by atoms with Gasteiger partial charge in [0.15, 0.2) is 0 Å². The Balaban J connectivity index is 1.21. The lowest BCUT2D eigenvalue weighted by atomic mass is 9.59. The largest absolute Gasteiger partial charge is 0.446 e. The van der Waals surface area contributed by atoms with Crippen molar-refractivity contribution >= 4 is 21.6 Å². The Hall–Kier alpha value is -3.94. The molecule has 0 unspecified atom stereocenters. The summed E-state index contributed by atoms with van der Waals surface area (Å²) >= 11 is 0. The molecule has 3 fully saturated rings. The van der Waals surface area contributed by atoms with Crippen LogP contribution in [0.4, 0.5) is 14.9 Å². The molecule has 1 N–H and O–H groups in total. The third-order valence-electron chi connectivity index (χ3n) is 10.2. The van der Waals surface area contributed by atoms with Crippen LogP contribution in [0.3, 0.4) is 0 Å². The fourth-order valence-corrected chi connectivity index (χ4v) is 9.14. The molecule has 8 nitrogen and oxygen atoms in total. The van der Waals surface area contributed by atoms with Gasteiger partial charge in [-0.1, -0.05) is 30.9 Å². The summed E-state index contributed by atoms with van der Waals surface area (Å²) in [4.78, 5) is 17.5. The Morgan fingerprint density at radius 1 is 1.09 bits per heavy atom. The summed E-state index contributed by atoms with van der Waals surface area (Å²) in [7, 11) is -2.02. The first-order valence-corrected chi connectivity index (χ1v) is 17.9. The molecule has 2 heterocycles. The minimum absolute atomic E-state index is 0.000938. The molecule has 3 atom stereocenters. The average molecular weight is 661 g/mol. The third-order valence-corrected chi connectivity index (χ3v) is 12.0. The number of likely N-dealkylation sites (tertiary alicyclic amines) is 1. The van der Waals surface area contributed by atoms with Crippen LogP contribution in [0.5, 0.6) is 0 Å². The second-order valence-corrected chi connectivity index (χ2v) is 14.9. The molecular formula is C37H45FN4O4S. The van der Waals surface area contributed by atoms with Crippen molar-refractivity contribution in [3.63, 3.8) is 0 Å². The minimum atomic E-state index is -3.55. The molecule has 2 aliphatic heterocycles. The Morgan fingerprint density at radius 2 is 1.74 bits per heavy atom. The Bertz CT molecular complexity index is 1620. The van der Waals surface area contributed by atoms with Crippen LogP contribution >= 0.6 is 0 Å². The van der Waals surface area contributed by atoms with Crippen LogP contribution in [-0.2, 0) is 14.6 Å². The summed E-state index contributed by atoms with van der Waals surface area (Å²) in [6, 6.07) is 18.3. The molecule has 250 valence electrons. The summed E-state index contributed by atoms with van der Waals surface area (Å²) in [6.07, 6.45) is 7.09. The van der Waals surface area contributed by atoms with Gasteiger partial charge in [0.1, 0.15) is 11.9 Å². The molecule has 2 saturated heterocycles.